The van der Waals surface area contributed by atoms with Crippen LogP contribution in [0.25, 0.3) is 0 Å². The van der Waals surface area contributed by atoms with Gasteiger partial charge in [0, 0.05) is 50.5 Å². The highest BCUT2D eigenvalue weighted by atomic mass is 32.2. The van der Waals surface area contributed by atoms with E-state index in [-0.39, 0.29) is 18.0 Å². The lowest BCUT2D eigenvalue weighted by atomic mass is 10.0. The minimum Gasteiger partial charge on any atom is -0.351 e. The van der Waals surface area contributed by atoms with E-state index >= 15 is 0 Å². The van der Waals surface area contributed by atoms with E-state index in [1.807, 2.05) is 47.6 Å². The maximum Gasteiger partial charge on any atom is 0.243 e. The molecular formula is C20H28N4OS. The van der Waals surface area contributed by atoms with Crippen LogP contribution in [0.4, 0.5) is 0 Å². The highest BCUT2D eigenvalue weighted by molar-refractivity contribution is 7.98. The number of aromatic nitrogens is 2. The van der Waals surface area contributed by atoms with Crippen LogP contribution in [0.15, 0.2) is 49.1 Å². The van der Waals surface area contributed by atoms with Gasteiger partial charge in [0.25, 0.3) is 0 Å². The predicted octanol–water partition coefficient (Wildman–Crippen LogP) is 2.96. The maximum absolute atomic E-state index is 12.8. The number of likely N-dealkylation sites (tertiary alicyclic amines) is 1. The molecule has 1 aliphatic heterocycles. The van der Waals surface area contributed by atoms with Crippen LogP contribution in [0.2, 0.25) is 0 Å². The molecule has 6 heteroatoms. The van der Waals surface area contributed by atoms with Gasteiger partial charge in [0.15, 0.2) is 0 Å². The number of nitrogens with one attached hydrogen (secondary N) is 1. The smallest absolute Gasteiger partial charge is 0.243 e. The van der Waals surface area contributed by atoms with Crippen LogP contribution in [-0.4, -0.2) is 51.5 Å². The second kappa shape index (κ2) is 9.78. The molecule has 1 saturated heterocycles. The summed E-state index contributed by atoms with van der Waals surface area (Å²) in [5, 5.41) is 3.29. The average Bonchev–Trinajstić information content (AvgIpc) is 3.19. The zero-order valence-corrected chi connectivity index (χ0v) is 16.2. The minimum atomic E-state index is -0.106. The Bertz CT molecular complexity index is 654. The lowest BCUT2D eigenvalue weighted by Crippen LogP contribution is -2.46. The van der Waals surface area contributed by atoms with Crippen molar-refractivity contribution >= 4 is 17.7 Å². The first kappa shape index (κ1) is 19.0. The zero-order chi connectivity index (χ0) is 18.2. The van der Waals surface area contributed by atoms with Crippen molar-refractivity contribution in [2.75, 3.05) is 25.1 Å². The van der Waals surface area contributed by atoms with Gasteiger partial charge in [0.1, 0.15) is 6.04 Å². The van der Waals surface area contributed by atoms with E-state index in [1.165, 1.54) is 5.56 Å². The van der Waals surface area contributed by atoms with Crippen LogP contribution in [0.5, 0.6) is 0 Å². The molecule has 0 radical (unpaired) electrons. The van der Waals surface area contributed by atoms with Crippen molar-refractivity contribution in [2.24, 2.45) is 0 Å². The van der Waals surface area contributed by atoms with E-state index in [0.29, 0.717) is 0 Å². The number of nitrogens with zero attached hydrogens (tertiary/aromatic N) is 3. The van der Waals surface area contributed by atoms with E-state index in [4.69, 9.17) is 0 Å². The molecule has 1 N–H and O–H groups in total. The zero-order valence-electron chi connectivity index (χ0n) is 15.4. The van der Waals surface area contributed by atoms with E-state index < -0.39 is 0 Å². The molecule has 0 aliphatic carbocycles. The number of hydrogen-bond acceptors (Lipinski definition) is 4. The van der Waals surface area contributed by atoms with Crippen LogP contribution in [0, 0.1) is 0 Å². The van der Waals surface area contributed by atoms with Crippen LogP contribution >= 0.6 is 11.8 Å². The quantitative estimate of drug-likeness (QED) is 0.774. The summed E-state index contributed by atoms with van der Waals surface area (Å²) in [6.45, 7) is 2.96. The van der Waals surface area contributed by atoms with Gasteiger partial charge >= 0.3 is 0 Å². The first-order chi connectivity index (χ1) is 12.8. The molecule has 3 rings (SSSR count). The fourth-order valence-corrected chi connectivity index (χ4v) is 3.94. The highest BCUT2D eigenvalue weighted by Crippen LogP contribution is 2.18. The highest BCUT2D eigenvalue weighted by Gasteiger charge is 2.25. The van der Waals surface area contributed by atoms with Crippen molar-refractivity contribution in [3.05, 3.63) is 54.6 Å². The van der Waals surface area contributed by atoms with Crippen molar-refractivity contribution in [3.63, 3.8) is 0 Å². The number of amides is 1. The Morgan fingerprint density at radius 1 is 1.31 bits per heavy atom. The van der Waals surface area contributed by atoms with Crippen LogP contribution in [0.1, 0.15) is 30.9 Å². The first-order valence-electron chi connectivity index (χ1n) is 9.29. The molecule has 5 nitrogen and oxygen atoms in total. The molecule has 2 aromatic rings. The molecule has 0 spiro atoms. The Morgan fingerprint density at radius 2 is 2.08 bits per heavy atom. The molecule has 1 amide bonds. The number of carbonyl (C=O) groups excluding carboxylic acids is 1. The van der Waals surface area contributed by atoms with Crippen molar-refractivity contribution in [1.29, 1.82) is 0 Å². The molecule has 2 aromatic heterocycles. The standard InChI is InChI=1S/C20H28N4OS/c1-26-14-8-19(24-10-2-3-11-24)20(25)22-18-6-12-23(13-7-18)16-17-5-4-9-21-15-17/h2-5,9-11,15,18-19H,6-8,12-14,16H2,1H3,(H,22,25)/t19-/m1/s1. The van der Waals surface area contributed by atoms with Gasteiger partial charge in [-0.25, -0.2) is 0 Å². The summed E-state index contributed by atoms with van der Waals surface area (Å²) >= 11 is 1.79. The monoisotopic (exact) mass is 372 g/mol. The minimum absolute atomic E-state index is 0.106. The van der Waals surface area contributed by atoms with Gasteiger partial charge in [-0.1, -0.05) is 6.07 Å². The fourth-order valence-electron chi connectivity index (χ4n) is 3.48. The SMILES string of the molecule is CSCC[C@H](C(=O)NC1CCN(Cc2cccnc2)CC1)n1cccc1. The number of thioether (sulfide) groups is 1. The second-order valence-electron chi connectivity index (χ2n) is 6.85. The fraction of sp³-hybridized carbons (Fsp3) is 0.500. The normalized spacial score (nSPS) is 17.1. The molecule has 140 valence electrons. The predicted molar refractivity (Wildman–Crippen MR) is 107 cm³/mol. The van der Waals surface area contributed by atoms with E-state index in [0.717, 1.165) is 44.6 Å². The van der Waals surface area contributed by atoms with Crippen LogP contribution in [0.3, 0.4) is 0 Å². The van der Waals surface area contributed by atoms with Gasteiger partial charge in [0.05, 0.1) is 0 Å². The summed E-state index contributed by atoms with van der Waals surface area (Å²) in [4.78, 5) is 19.5. The van der Waals surface area contributed by atoms with Gasteiger partial charge in [-0.2, -0.15) is 11.8 Å². The molecule has 26 heavy (non-hydrogen) atoms. The Balaban J connectivity index is 1.49. The summed E-state index contributed by atoms with van der Waals surface area (Å²) < 4.78 is 2.03. The van der Waals surface area contributed by atoms with E-state index in [9.17, 15) is 4.79 Å². The molecule has 0 bridgehead atoms. The summed E-state index contributed by atoms with van der Waals surface area (Å²) in [5.74, 6) is 1.14. The number of piperidine rings is 1. The Morgan fingerprint density at radius 3 is 2.73 bits per heavy atom. The third-order valence-electron chi connectivity index (χ3n) is 4.95. The summed E-state index contributed by atoms with van der Waals surface area (Å²) in [6.07, 6.45) is 12.7. The van der Waals surface area contributed by atoms with Gasteiger partial charge < -0.3 is 9.88 Å². The van der Waals surface area contributed by atoms with E-state index in [1.54, 1.807) is 11.8 Å². The van der Waals surface area contributed by atoms with Crippen LogP contribution < -0.4 is 5.32 Å². The lowest BCUT2D eigenvalue weighted by molar-refractivity contribution is -0.125. The third-order valence-corrected chi connectivity index (χ3v) is 5.59. The lowest BCUT2D eigenvalue weighted by Gasteiger charge is -2.33. The Kier molecular flexibility index (Phi) is 7.14. The van der Waals surface area contributed by atoms with Gasteiger partial charge in [0.2, 0.25) is 5.91 Å². The maximum atomic E-state index is 12.8. The number of pyridine rings is 1. The van der Waals surface area contributed by atoms with Crippen molar-refractivity contribution in [1.82, 2.24) is 19.8 Å². The Labute approximate surface area is 160 Å². The van der Waals surface area contributed by atoms with Gasteiger partial charge in [-0.3, -0.25) is 14.7 Å². The second-order valence-corrected chi connectivity index (χ2v) is 7.83. The molecule has 3 heterocycles. The largest absolute Gasteiger partial charge is 0.351 e. The summed E-state index contributed by atoms with van der Waals surface area (Å²) in [5.41, 5.74) is 1.25. The number of rotatable bonds is 8. The van der Waals surface area contributed by atoms with Crippen LogP contribution in [-0.2, 0) is 11.3 Å². The molecule has 0 unspecified atom stereocenters. The number of carbonyl (C=O) groups is 1. The summed E-state index contributed by atoms with van der Waals surface area (Å²) in [6, 6.07) is 8.24. The molecule has 0 aromatic carbocycles. The third kappa shape index (κ3) is 5.35. The first-order valence-corrected chi connectivity index (χ1v) is 10.7. The van der Waals surface area contributed by atoms with Gasteiger partial charge in [-0.15, -0.1) is 0 Å². The molecule has 1 aliphatic rings. The average molecular weight is 373 g/mol. The molecular weight excluding hydrogens is 344 g/mol. The molecule has 1 fully saturated rings. The van der Waals surface area contributed by atoms with Crippen molar-refractivity contribution in [2.45, 2.75) is 37.9 Å². The van der Waals surface area contributed by atoms with E-state index in [2.05, 4.69) is 27.5 Å². The Hall–Kier alpha value is -1.79. The number of hydrogen-bond donors (Lipinski definition) is 1. The van der Waals surface area contributed by atoms with Crippen molar-refractivity contribution < 1.29 is 4.79 Å². The summed E-state index contributed by atoms with van der Waals surface area (Å²) in [7, 11) is 0. The van der Waals surface area contributed by atoms with Gasteiger partial charge in [-0.05, 0) is 55.0 Å². The molecule has 1 atom stereocenters. The van der Waals surface area contributed by atoms with Crippen molar-refractivity contribution in [3.8, 4) is 0 Å². The molecule has 0 saturated carbocycles. The topological polar surface area (TPSA) is 50.2 Å².